The van der Waals surface area contributed by atoms with E-state index in [-0.39, 0.29) is 5.75 Å². The highest BCUT2D eigenvalue weighted by Gasteiger charge is 2.16. The minimum absolute atomic E-state index is 0.217. The van der Waals surface area contributed by atoms with Gasteiger partial charge in [-0.25, -0.2) is 13.1 Å². The molecule has 0 aromatic heterocycles. The number of nitrogens with zero attached hydrogens (tertiary/aromatic N) is 1. The first-order valence-corrected chi connectivity index (χ1v) is 7.92. The molecule has 1 aliphatic rings. The standard InChI is InChI=1S/C13H20N2O2S/c1-11-8-12(2)10-13(9-11)15-5-3-7-18(16,17)14-4-6-15/h8-10,14H,3-7H2,1-2H3. The molecule has 0 aliphatic carbocycles. The zero-order valence-corrected chi connectivity index (χ0v) is 11.8. The van der Waals surface area contributed by atoms with Crippen LogP contribution in [0.4, 0.5) is 5.69 Å². The second kappa shape index (κ2) is 5.28. The molecule has 18 heavy (non-hydrogen) atoms. The van der Waals surface area contributed by atoms with Crippen molar-refractivity contribution in [2.24, 2.45) is 0 Å². The number of nitrogens with one attached hydrogen (secondary N) is 1. The van der Waals surface area contributed by atoms with Gasteiger partial charge in [0.15, 0.2) is 0 Å². The monoisotopic (exact) mass is 268 g/mol. The first-order chi connectivity index (χ1) is 8.46. The van der Waals surface area contributed by atoms with Gasteiger partial charge in [-0.1, -0.05) is 6.07 Å². The third-order valence-electron chi connectivity index (χ3n) is 3.12. The first-order valence-electron chi connectivity index (χ1n) is 6.27. The molecular weight excluding hydrogens is 248 g/mol. The molecule has 1 heterocycles. The maximum atomic E-state index is 11.4. The Labute approximate surface area is 109 Å². The first kappa shape index (κ1) is 13.4. The van der Waals surface area contributed by atoms with E-state index in [2.05, 4.69) is 41.7 Å². The summed E-state index contributed by atoms with van der Waals surface area (Å²) in [5.74, 6) is 0.217. The normalized spacial score (nSPS) is 20.2. The summed E-state index contributed by atoms with van der Waals surface area (Å²) < 4.78 is 25.5. The lowest BCUT2D eigenvalue weighted by Gasteiger charge is -2.27. The Hall–Kier alpha value is -1.07. The maximum absolute atomic E-state index is 11.4. The SMILES string of the molecule is Cc1cc(C)cc(N2CCCS(=O)(=O)NCC2)c1. The number of aryl methyl sites for hydroxylation is 2. The molecule has 0 saturated carbocycles. The van der Waals surface area contributed by atoms with Crippen LogP contribution < -0.4 is 9.62 Å². The van der Waals surface area contributed by atoms with Crippen molar-refractivity contribution in [2.75, 3.05) is 30.3 Å². The average molecular weight is 268 g/mol. The van der Waals surface area contributed by atoms with E-state index in [1.54, 1.807) is 0 Å². The van der Waals surface area contributed by atoms with Gasteiger partial charge in [0.2, 0.25) is 10.0 Å². The highest BCUT2D eigenvalue weighted by molar-refractivity contribution is 7.89. The Morgan fingerprint density at radius 1 is 1.11 bits per heavy atom. The number of hydrogen-bond donors (Lipinski definition) is 1. The predicted octanol–water partition coefficient (Wildman–Crippen LogP) is 1.43. The van der Waals surface area contributed by atoms with Crippen molar-refractivity contribution >= 4 is 15.7 Å². The minimum atomic E-state index is -3.04. The quantitative estimate of drug-likeness (QED) is 0.838. The second-order valence-corrected chi connectivity index (χ2v) is 6.83. The Bertz CT molecular complexity index is 490. The van der Waals surface area contributed by atoms with E-state index in [1.165, 1.54) is 16.8 Å². The summed E-state index contributed by atoms with van der Waals surface area (Å²) in [6.45, 7) is 6.17. The summed E-state index contributed by atoms with van der Waals surface area (Å²) in [6.07, 6.45) is 0.669. The van der Waals surface area contributed by atoms with Crippen molar-refractivity contribution in [3.05, 3.63) is 29.3 Å². The average Bonchev–Trinajstić information content (AvgIpc) is 2.22. The summed E-state index contributed by atoms with van der Waals surface area (Å²) >= 11 is 0. The molecule has 0 bridgehead atoms. The van der Waals surface area contributed by atoms with E-state index in [4.69, 9.17) is 0 Å². The number of anilines is 1. The van der Waals surface area contributed by atoms with Crippen molar-refractivity contribution in [1.82, 2.24) is 4.72 Å². The second-order valence-electron chi connectivity index (χ2n) is 4.90. The van der Waals surface area contributed by atoms with Crippen molar-refractivity contribution < 1.29 is 8.42 Å². The fourth-order valence-electron chi connectivity index (χ4n) is 2.36. The zero-order chi connectivity index (χ0) is 13.2. The summed E-state index contributed by atoms with van der Waals surface area (Å²) in [7, 11) is -3.04. The van der Waals surface area contributed by atoms with Crippen LogP contribution in [0.1, 0.15) is 17.5 Å². The Morgan fingerprint density at radius 3 is 2.44 bits per heavy atom. The number of benzene rings is 1. The molecule has 1 aliphatic heterocycles. The third kappa shape index (κ3) is 3.46. The van der Waals surface area contributed by atoms with Gasteiger partial charge in [0.05, 0.1) is 5.75 Å². The molecule has 1 fully saturated rings. The van der Waals surface area contributed by atoms with Gasteiger partial charge in [-0.05, 0) is 43.5 Å². The van der Waals surface area contributed by atoms with E-state index in [1.807, 2.05) is 0 Å². The van der Waals surface area contributed by atoms with E-state index in [0.717, 1.165) is 13.1 Å². The molecule has 2 rings (SSSR count). The fourth-order valence-corrected chi connectivity index (χ4v) is 3.41. The molecule has 1 aromatic carbocycles. The van der Waals surface area contributed by atoms with Gasteiger partial charge in [-0.2, -0.15) is 0 Å². The van der Waals surface area contributed by atoms with Crippen LogP contribution in [-0.2, 0) is 10.0 Å². The largest absolute Gasteiger partial charge is 0.370 e. The Balaban J connectivity index is 2.14. The molecule has 0 amide bonds. The molecular formula is C13H20N2O2S. The molecule has 0 atom stereocenters. The molecule has 0 unspecified atom stereocenters. The predicted molar refractivity (Wildman–Crippen MR) is 74.5 cm³/mol. The van der Waals surface area contributed by atoms with Crippen LogP contribution in [-0.4, -0.2) is 33.8 Å². The summed E-state index contributed by atoms with van der Waals surface area (Å²) in [4.78, 5) is 2.25. The van der Waals surface area contributed by atoms with E-state index in [0.29, 0.717) is 13.0 Å². The molecule has 0 radical (unpaired) electrons. The van der Waals surface area contributed by atoms with Gasteiger partial charge < -0.3 is 4.90 Å². The van der Waals surface area contributed by atoms with Gasteiger partial charge in [-0.15, -0.1) is 0 Å². The number of rotatable bonds is 1. The summed E-state index contributed by atoms with van der Waals surface area (Å²) in [6, 6.07) is 6.46. The minimum Gasteiger partial charge on any atom is -0.370 e. The van der Waals surface area contributed by atoms with Crippen LogP contribution in [0.2, 0.25) is 0 Å². The molecule has 0 spiro atoms. The molecule has 5 heteroatoms. The van der Waals surface area contributed by atoms with Gasteiger partial charge in [0.25, 0.3) is 0 Å². The lowest BCUT2D eigenvalue weighted by Crippen LogP contribution is -2.40. The fraction of sp³-hybridized carbons (Fsp3) is 0.538. The van der Waals surface area contributed by atoms with Crippen molar-refractivity contribution in [3.8, 4) is 0 Å². The van der Waals surface area contributed by atoms with Crippen LogP contribution in [0.15, 0.2) is 18.2 Å². The van der Waals surface area contributed by atoms with E-state index < -0.39 is 10.0 Å². The Kier molecular flexibility index (Phi) is 3.92. The third-order valence-corrected chi connectivity index (χ3v) is 4.59. The highest BCUT2D eigenvalue weighted by atomic mass is 32.2. The van der Waals surface area contributed by atoms with Crippen molar-refractivity contribution in [1.29, 1.82) is 0 Å². The van der Waals surface area contributed by atoms with Crippen molar-refractivity contribution in [3.63, 3.8) is 0 Å². The molecule has 1 saturated heterocycles. The van der Waals surface area contributed by atoms with Crippen LogP contribution in [0, 0.1) is 13.8 Å². The molecule has 1 N–H and O–H groups in total. The van der Waals surface area contributed by atoms with E-state index in [9.17, 15) is 8.42 Å². The van der Waals surface area contributed by atoms with Crippen LogP contribution in [0.3, 0.4) is 0 Å². The van der Waals surface area contributed by atoms with Crippen LogP contribution in [0.25, 0.3) is 0 Å². The zero-order valence-electron chi connectivity index (χ0n) is 10.9. The van der Waals surface area contributed by atoms with E-state index >= 15 is 0 Å². The molecule has 1 aromatic rings. The lowest BCUT2D eigenvalue weighted by molar-refractivity contribution is 0.570. The molecule has 4 nitrogen and oxygen atoms in total. The highest BCUT2D eigenvalue weighted by Crippen LogP contribution is 2.19. The van der Waals surface area contributed by atoms with Crippen LogP contribution >= 0.6 is 0 Å². The topological polar surface area (TPSA) is 49.4 Å². The summed E-state index contributed by atoms with van der Waals surface area (Å²) in [5, 5.41) is 0. The van der Waals surface area contributed by atoms with Crippen LogP contribution in [0.5, 0.6) is 0 Å². The Morgan fingerprint density at radius 2 is 1.78 bits per heavy atom. The number of sulfonamides is 1. The van der Waals surface area contributed by atoms with Gasteiger partial charge in [0, 0.05) is 25.3 Å². The summed E-state index contributed by atoms with van der Waals surface area (Å²) in [5.41, 5.74) is 3.67. The van der Waals surface area contributed by atoms with Gasteiger partial charge >= 0.3 is 0 Å². The van der Waals surface area contributed by atoms with Gasteiger partial charge in [0.1, 0.15) is 0 Å². The van der Waals surface area contributed by atoms with Gasteiger partial charge in [-0.3, -0.25) is 0 Å². The lowest BCUT2D eigenvalue weighted by atomic mass is 10.1. The smallest absolute Gasteiger partial charge is 0.211 e. The maximum Gasteiger partial charge on any atom is 0.211 e. The van der Waals surface area contributed by atoms with Crippen molar-refractivity contribution in [2.45, 2.75) is 20.3 Å². The number of hydrogen-bond acceptors (Lipinski definition) is 3. The molecule has 100 valence electrons.